The quantitative estimate of drug-likeness (QED) is 0.509. The van der Waals surface area contributed by atoms with E-state index in [1.807, 2.05) is 49.6 Å². The van der Waals surface area contributed by atoms with Crippen molar-refractivity contribution in [3.8, 4) is 0 Å². The lowest BCUT2D eigenvalue weighted by atomic mass is 10.2. The van der Waals surface area contributed by atoms with E-state index in [4.69, 9.17) is 0 Å². The molecule has 134 valence electrons. The first kappa shape index (κ1) is 18.3. The van der Waals surface area contributed by atoms with Gasteiger partial charge in [-0.15, -0.1) is 11.3 Å². The summed E-state index contributed by atoms with van der Waals surface area (Å²) in [5.74, 6) is 1.19. The molecule has 0 saturated carbocycles. The molecule has 0 spiro atoms. The number of nitrogens with one attached hydrogen (secondary N) is 3. The summed E-state index contributed by atoms with van der Waals surface area (Å²) in [6.07, 6.45) is 0. The van der Waals surface area contributed by atoms with Gasteiger partial charge in [0, 0.05) is 39.5 Å². The van der Waals surface area contributed by atoms with Crippen LogP contribution >= 0.6 is 27.3 Å². The van der Waals surface area contributed by atoms with Crippen LogP contribution < -0.4 is 16.0 Å². The van der Waals surface area contributed by atoms with Crippen molar-refractivity contribution in [2.45, 2.75) is 13.8 Å². The van der Waals surface area contributed by atoms with E-state index in [2.05, 4.69) is 41.8 Å². The molecule has 0 aliphatic carbocycles. The Morgan fingerprint density at radius 2 is 1.88 bits per heavy atom. The molecular formula is C18H18BrN5OS. The Labute approximate surface area is 164 Å². The van der Waals surface area contributed by atoms with Crippen molar-refractivity contribution >= 4 is 56.3 Å². The molecule has 0 saturated heterocycles. The molecule has 0 atom stereocenters. The second-order valence-corrected chi connectivity index (χ2v) is 7.36. The Bertz CT molecular complexity index is 910. The van der Waals surface area contributed by atoms with Crippen LogP contribution in [-0.4, -0.2) is 22.4 Å². The molecule has 0 unspecified atom stereocenters. The maximum absolute atomic E-state index is 12.2. The highest BCUT2D eigenvalue weighted by molar-refractivity contribution is 9.10. The van der Waals surface area contributed by atoms with Crippen LogP contribution in [0.4, 0.5) is 23.1 Å². The Morgan fingerprint density at radius 3 is 2.54 bits per heavy atom. The predicted octanol–water partition coefficient (Wildman–Crippen LogP) is 5.04. The first-order valence-electron chi connectivity index (χ1n) is 8.05. The van der Waals surface area contributed by atoms with Gasteiger partial charge in [-0.25, -0.2) is 4.98 Å². The highest BCUT2D eigenvalue weighted by Crippen LogP contribution is 2.22. The number of carbonyl (C=O) groups excluding carboxylic acids is 1. The zero-order valence-corrected chi connectivity index (χ0v) is 16.7. The van der Waals surface area contributed by atoms with Crippen LogP contribution in [0.5, 0.6) is 0 Å². The molecule has 3 aromatic rings. The SMILES string of the molecule is CCNc1nc(C)cc(Nc2ccc(NC(=O)c3cc(Br)cs3)cc2)n1. The van der Waals surface area contributed by atoms with E-state index in [-0.39, 0.29) is 5.91 Å². The van der Waals surface area contributed by atoms with E-state index in [1.54, 1.807) is 6.07 Å². The van der Waals surface area contributed by atoms with E-state index >= 15 is 0 Å². The summed E-state index contributed by atoms with van der Waals surface area (Å²) < 4.78 is 0.907. The number of nitrogens with zero attached hydrogens (tertiary/aromatic N) is 2. The first-order chi connectivity index (χ1) is 12.5. The molecule has 0 aliphatic rings. The monoisotopic (exact) mass is 431 g/mol. The zero-order chi connectivity index (χ0) is 18.5. The van der Waals surface area contributed by atoms with E-state index in [9.17, 15) is 4.79 Å². The number of thiophene rings is 1. The van der Waals surface area contributed by atoms with Gasteiger partial charge in [-0.2, -0.15) is 4.98 Å². The average Bonchev–Trinajstić information content (AvgIpc) is 3.03. The van der Waals surface area contributed by atoms with Crippen LogP contribution in [0.15, 0.2) is 46.3 Å². The van der Waals surface area contributed by atoms with Crippen molar-refractivity contribution in [1.82, 2.24) is 9.97 Å². The molecule has 3 N–H and O–H groups in total. The van der Waals surface area contributed by atoms with E-state index in [0.29, 0.717) is 16.6 Å². The third kappa shape index (κ3) is 4.80. The zero-order valence-electron chi connectivity index (χ0n) is 14.3. The van der Waals surface area contributed by atoms with Crippen molar-refractivity contribution in [2.24, 2.45) is 0 Å². The predicted molar refractivity (Wildman–Crippen MR) is 111 cm³/mol. The topological polar surface area (TPSA) is 78.9 Å². The molecule has 2 heterocycles. The molecule has 3 rings (SSSR count). The summed E-state index contributed by atoms with van der Waals surface area (Å²) in [4.78, 5) is 21.6. The van der Waals surface area contributed by atoms with Crippen LogP contribution in [0.1, 0.15) is 22.3 Å². The summed E-state index contributed by atoms with van der Waals surface area (Å²) in [6.45, 7) is 4.69. The molecule has 26 heavy (non-hydrogen) atoms. The molecule has 2 aromatic heterocycles. The Kier molecular flexibility index (Phi) is 5.85. The van der Waals surface area contributed by atoms with Gasteiger partial charge in [0.1, 0.15) is 5.82 Å². The normalized spacial score (nSPS) is 10.4. The standard InChI is InChI=1S/C18H18BrN5OS/c1-3-20-18-21-11(2)8-16(24-18)22-13-4-6-14(7-5-13)23-17(25)15-9-12(19)10-26-15/h4-10H,3H2,1-2H3,(H,23,25)(H2,20,21,22,24). The molecule has 0 fully saturated rings. The summed E-state index contributed by atoms with van der Waals surface area (Å²) in [6, 6.07) is 11.2. The lowest BCUT2D eigenvalue weighted by Crippen LogP contribution is -2.10. The molecule has 0 bridgehead atoms. The maximum atomic E-state index is 12.2. The molecule has 8 heteroatoms. The fourth-order valence-corrected chi connectivity index (χ4v) is 3.60. The average molecular weight is 432 g/mol. The number of carbonyl (C=O) groups is 1. The van der Waals surface area contributed by atoms with Gasteiger partial charge in [0.25, 0.3) is 5.91 Å². The second-order valence-electron chi connectivity index (χ2n) is 5.53. The second kappa shape index (κ2) is 8.29. The van der Waals surface area contributed by atoms with Crippen LogP contribution in [0.2, 0.25) is 0 Å². The largest absolute Gasteiger partial charge is 0.354 e. The van der Waals surface area contributed by atoms with E-state index < -0.39 is 0 Å². The number of hydrogen-bond donors (Lipinski definition) is 3. The van der Waals surface area contributed by atoms with E-state index in [1.165, 1.54) is 11.3 Å². The third-order valence-corrected chi connectivity index (χ3v) is 5.09. The Morgan fingerprint density at radius 1 is 1.15 bits per heavy atom. The summed E-state index contributed by atoms with van der Waals surface area (Å²) in [5.41, 5.74) is 2.49. The van der Waals surface area contributed by atoms with Crippen molar-refractivity contribution in [1.29, 1.82) is 0 Å². The molecule has 6 nitrogen and oxygen atoms in total. The van der Waals surface area contributed by atoms with Crippen LogP contribution in [0, 0.1) is 6.92 Å². The van der Waals surface area contributed by atoms with Crippen molar-refractivity contribution in [2.75, 3.05) is 22.5 Å². The van der Waals surface area contributed by atoms with E-state index in [0.717, 1.165) is 28.1 Å². The number of hydrogen-bond acceptors (Lipinski definition) is 6. The van der Waals surface area contributed by atoms with Crippen LogP contribution in [-0.2, 0) is 0 Å². The van der Waals surface area contributed by atoms with Gasteiger partial charge in [0.05, 0.1) is 4.88 Å². The highest BCUT2D eigenvalue weighted by atomic mass is 79.9. The summed E-state index contributed by atoms with van der Waals surface area (Å²) in [5, 5.41) is 11.1. The van der Waals surface area contributed by atoms with Gasteiger partial charge >= 0.3 is 0 Å². The minimum Gasteiger partial charge on any atom is -0.354 e. The molecule has 0 radical (unpaired) electrons. The third-order valence-electron chi connectivity index (χ3n) is 3.40. The number of aromatic nitrogens is 2. The minimum atomic E-state index is -0.122. The maximum Gasteiger partial charge on any atom is 0.265 e. The highest BCUT2D eigenvalue weighted by Gasteiger charge is 2.09. The Hall–Kier alpha value is -2.45. The molecule has 1 amide bonds. The van der Waals surface area contributed by atoms with Crippen LogP contribution in [0.25, 0.3) is 0 Å². The number of rotatable bonds is 6. The number of anilines is 4. The van der Waals surface area contributed by atoms with Crippen molar-refractivity contribution in [3.05, 3.63) is 56.8 Å². The number of aryl methyl sites for hydroxylation is 1. The summed E-state index contributed by atoms with van der Waals surface area (Å²) >= 11 is 4.75. The van der Waals surface area contributed by atoms with Crippen LogP contribution in [0.3, 0.4) is 0 Å². The van der Waals surface area contributed by atoms with Crippen molar-refractivity contribution < 1.29 is 4.79 Å². The molecular weight excluding hydrogens is 414 g/mol. The first-order valence-corrected chi connectivity index (χ1v) is 9.73. The van der Waals surface area contributed by atoms with Crippen molar-refractivity contribution in [3.63, 3.8) is 0 Å². The summed E-state index contributed by atoms with van der Waals surface area (Å²) in [7, 11) is 0. The lowest BCUT2D eigenvalue weighted by Gasteiger charge is -2.10. The molecule has 1 aromatic carbocycles. The fourth-order valence-electron chi connectivity index (χ4n) is 2.28. The van der Waals surface area contributed by atoms with Gasteiger partial charge in [0.2, 0.25) is 5.95 Å². The van der Waals surface area contributed by atoms with Gasteiger partial charge in [-0.1, -0.05) is 0 Å². The number of halogens is 1. The minimum absolute atomic E-state index is 0.122. The van der Waals surface area contributed by atoms with Gasteiger partial charge in [0.15, 0.2) is 0 Å². The molecule has 0 aliphatic heterocycles. The fraction of sp³-hybridized carbons (Fsp3) is 0.167. The lowest BCUT2D eigenvalue weighted by molar-refractivity contribution is 0.103. The van der Waals surface area contributed by atoms with Gasteiger partial charge in [-0.3, -0.25) is 4.79 Å². The smallest absolute Gasteiger partial charge is 0.265 e. The number of amides is 1. The Balaban J connectivity index is 1.67. The van der Waals surface area contributed by atoms with Gasteiger partial charge < -0.3 is 16.0 Å². The number of benzene rings is 1. The van der Waals surface area contributed by atoms with Gasteiger partial charge in [-0.05, 0) is 60.1 Å².